The Balaban J connectivity index is 2.37. The normalized spacial score (nSPS) is 11.3. The van der Waals surface area contributed by atoms with Crippen LogP contribution in [0.15, 0.2) is 45.6 Å². The number of ether oxygens (including phenoxy) is 2. The molecule has 4 aromatic rings. The van der Waals surface area contributed by atoms with E-state index in [-0.39, 0.29) is 5.75 Å². The molecule has 1 N–H and O–H groups in total. The lowest BCUT2D eigenvalue weighted by Gasteiger charge is -2.13. The van der Waals surface area contributed by atoms with Crippen molar-refractivity contribution >= 4 is 32.5 Å². The maximum atomic E-state index is 12.6. The molecule has 0 amide bonds. The molecule has 0 aliphatic carbocycles. The van der Waals surface area contributed by atoms with Gasteiger partial charge < -0.3 is 19.0 Å². The van der Waals surface area contributed by atoms with E-state index in [1.807, 2.05) is 13.0 Å². The smallest absolute Gasteiger partial charge is 0.344 e. The van der Waals surface area contributed by atoms with Crippen LogP contribution in [0.4, 0.5) is 0 Å². The molecule has 0 aliphatic rings. The van der Waals surface area contributed by atoms with Gasteiger partial charge in [-0.05, 0) is 36.8 Å². The summed E-state index contributed by atoms with van der Waals surface area (Å²) in [5, 5.41) is 13.2. The monoisotopic (exact) mass is 336 g/mol. The number of phenolic OH excluding ortho intramolecular Hbond substituents is 1. The zero-order valence-corrected chi connectivity index (χ0v) is 14.0. The van der Waals surface area contributed by atoms with Crippen molar-refractivity contribution < 1.29 is 19.0 Å². The average Bonchev–Trinajstić information content (AvgIpc) is 2.61. The van der Waals surface area contributed by atoms with Crippen LogP contribution < -0.4 is 15.1 Å². The third-order valence-corrected chi connectivity index (χ3v) is 4.42. The first-order chi connectivity index (χ1) is 12.0. The summed E-state index contributed by atoms with van der Waals surface area (Å²) >= 11 is 0. The Morgan fingerprint density at radius 3 is 2.36 bits per heavy atom. The van der Waals surface area contributed by atoms with E-state index in [9.17, 15) is 9.90 Å². The Hall–Kier alpha value is -3.21. The first-order valence-electron chi connectivity index (χ1n) is 7.79. The van der Waals surface area contributed by atoms with E-state index in [1.54, 1.807) is 37.4 Å². The van der Waals surface area contributed by atoms with Crippen LogP contribution in [0.3, 0.4) is 0 Å². The van der Waals surface area contributed by atoms with E-state index in [2.05, 4.69) is 0 Å². The fourth-order valence-electron chi connectivity index (χ4n) is 3.36. The highest BCUT2D eigenvalue weighted by Gasteiger charge is 2.18. The van der Waals surface area contributed by atoms with Gasteiger partial charge in [0.2, 0.25) is 0 Å². The summed E-state index contributed by atoms with van der Waals surface area (Å²) in [5.74, 6) is 1.16. The molecule has 0 saturated carbocycles. The Labute approximate surface area is 143 Å². The van der Waals surface area contributed by atoms with Gasteiger partial charge in [0.15, 0.2) is 0 Å². The van der Waals surface area contributed by atoms with Crippen LogP contribution >= 0.6 is 0 Å². The van der Waals surface area contributed by atoms with E-state index in [0.29, 0.717) is 44.0 Å². The molecule has 1 aromatic heterocycles. The lowest BCUT2D eigenvalue weighted by Crippen LogP contribution is -2.02. The second-order valence-electron chi connectivity index (χ2n) is 5.93. The van der Waals surface area contributed by atoms with Crippen LogP contribution in [0, 0.1) is 6.92 Å². The molecule has 3 aromatic carbocycles. The molecule has 5 heteroatoms. The predicted molar refractivity (Wildman–Crippen MR) is 97.0 cm³/mol. The molecule has 25 heavy (non-hydrogen) atoms. The van der Waals surface area contributed by atoms with Crippen molar-refractivity contribution in [3.8, 4) is 17.2 Å². The number of fused-ring (bicyclic) bond motifs is 5. The molecule has 126 valence electrons. The topological polar surface area (TPSA) is 68.9 Å². The van der Waals surface area contributed by atoms with Crippen molar-refractivity contribution in [3.05, 3.63) is 52.4 Å². The Morgan fingerprint density at radius 1 is 0.920 bits per heavy atom. The Bertz CT molecular complexity index is 1200. The standard InChI is InChI=1S/C20H16O5/c1-10-7-13-17(15(8-10)23-2)12-9-16(24-3)18-11(5-4-6-14(18)21)19(12)25-20(13)22/h4-9,21H,1-3H3. The van der Waals surface area contributed by atoms with E-state index in [4.69, 9.17) is 13.9 Å². The summed E-state index contributed by atoms with van der Waals surface area (Å²) in [6.45, 7) is 1.89. The van der Waals surface area contributed by atoms with Gasteiger partial charge in [0.05, 0.1) is 25.0 Å². The van der Waals surface area contributed by atoms with Crippen molar-refractivity contribution in [1.82, 2.24) is 0 Å². The number of benzene rings is 3. The molecule has 0 atom stereocenters. The van der Waals surface area contributed by atoms with E-state index >= 15 is 0 Å². The van der Waals surface area contributed by atoms with Crippen LogP contribution in [0.1, 0.15) is 5.56 Å². The molecule has 0 fully saturated rings. The molecule has 0 bridgehead atoms. The summed E-state index contributed by atoms with van der Waals surface area (Å²) in [6, 6.07) is 10.5. The van der Waals surface area contributed by atoms with Crippen LogP contribution in [-0.4, -0.2) is 19.3 Å². The van der Waals surface area contributed by atoms with E-state index in [0.717, 1.165) is 5.56 Å². The van der Waals surface area contributed by atoms with Gasteiger partial charge in [-0.1, -0.05) is 12.1 Å². The maximum absolute atomic E-state index is 12.6. The minimum atomic E-state index is -0.445. The van der Waals surface area contributed by atoms with Gasteiger partial charge in [0, 0.05) is 16.2 Å². The van der Waals surface area contributed by atoms with Gasteiger partial charge in [-0.15, -0.1) is 0 Å². The van der Waals surface area contributed by atoms with Gasteiger partial charge >= 0.3 is 5.63 Å². The first kappa shape index (κ1) is 15.3. The lowest BCUT2D eigenvalue weighted by atomic mass is 9.99. The highest BCUT2D eigenvalue weighted by atomic mass is 16.5. The zero-order valence-electron chi connectivity index (χ0n) is 14.0. The molecule has 0 radical (unpaired) electrons. The van der Waals surface area contributed by atoms with Crippen LogP contribution in [0.25, 0.3) is 32.5 Å². The average molecular weight is 336 g/mol. The Kier molecular flexibility index (Phi) is 3.32. The summed E-state index contributed by atoms with van der Waals surface area (Å²) < 4.78 is 16.6. The van der Waals surface area contributed by atoms with Crippen molar-refractivity contribution in [2.45, 2.75) is 6.92 Å². The number of rotatable bonds is 2. The first-order valence-corrected chi connectivity index (χ1v) is 7.79. The van der Waals surface area contributed by atoms with Crippen molar-refractivity contribution in [1.29, 1.82) is 0 Å². The van der Waals surface area contributed by atoms with Crippen molar-refractivity contribution in [3.63, 3.8) is 0 Å². The molecule has 0 unspecified atom stereocenters. The van der Waals surface area contributed by atoms with Crippen LogP contribution in [-0.2, 0) is 0 Å². The van der Waals surface area contributed by atoms with Gasteiger partial charge in [0.1, 0.15) is 22.8 Å². The summed E-state index contributed by atoms with van der Waals surface area (Å²) in [6.07, 6.45) is 0. The quantitative estimate of drug-likeness (QED) is 0.440. The van der Waals surface area contributed by atoms with Gasteiger partial charge in [0.25, 0.3) is 0 Å². The highest BCUT2D eigenvalue weighted by molar-refractivity contribution is 6.18. The highest BCUT2D eigenvalue weighted by Crippen LogP contribution is 2.42. The summed E-state index contributed by atoms with van der Waals surface area (Å²) in [7, 11) is 3.11. The van der Waals surface area contributed by atoms with E-state index < -0.39 is 5.63 Å². The molecule has 0 saturated heterocycles. The second kappa shape index (κ2) is 5.41. The molecule has 1 heterocycles. The maximum Gasteiger partial charge on any atom is 0.344 e. The number of hydrogen-bond donors (Lipinski definition) is 1. The fourth-order valence-corrected chi connectivity index (χ4v) is 3.36. The molecule has 4 rings (SSSR count). The minimum Gasteiger partial charge on any atom is -0.507 e. The minimum absolute atomic E-state index is 0.0647. The number of aryl methyl sites for hydroxylation is 1. The SMILES string of the molecule is COc1cc2c(oc(=O)c3cc(C)cc(OC)c32)c2cccc(O)c12. The molecule has 0 aliphatic heterocycles. The number of methoxy groups -OCH3 is 2. The van der Waals surface area contributed by atoms with Gasteiger partial charge in [-0.25, -0.2) is 4.79 Å². The largest absolute Gasteiger partial charge is 0.507 e. The predicted octanol–water partition coefficient (Wildman–Crippen LogP) is 4.13. The molecular weight excluding hydrogens is 320 g/mol. The molecular formula is C20H16O5. The summed E-state index contributed by atoms with van der Waals surface area (Å²) in [5.41, 5.74) is 0.854. The number of aromatic hydroxyl groups is 1. The number of hydrogen-bond acceptors (Lipinski definition) is 5. The lowest BCUT2D eigenvalue weighted by molar-refractivity contribution is 0.416. The summed E-state index contributed by atoms with van der Waals surface area (Å²) in [4.78, 5) is 12.6. The second-order valence-corrected chi connectivity index (χ2v) is 5.93. The molecule has 5 nitrogen and oxygen atoms in total. The van der Waals surface area contributed by atoms with Crippen molar-refractivity contribution in [2.24, 2.45) is 0 Å². The van der Waals surface area contributed by atoms with Crippen LogP contribution in [0.5, 0.6) is 17.2 Å². The Morgan fingerprint density at radius 2 is 1.64 bits per heavy atom. The zero-order chi connectivity index (χ0) is 17.7. The van der Waals surface area contributed by atoms with Gasteiger partial charge in [-0.2, -0.15) is 0 Å². The van der Waals surface area contributed by atoms with E-state index in [1.165, 1.54) is 7.11 Å². The fraction of sp³-hybridized carbons (Fsp3) is 0.150. The third kappa shape index (κ3) is 2.12. The van der Waals surface area contributed by atoms with Crippen molar-refractivity contribution in [2.75, 3.05) is 14.2 Å². The molecule has 0 spiro atoms. The number of phenols is 1. The van der Waals surface area contributed by atoms with Gasteiger partial charge in [-0.3, -0.25) is 0 Å². The van der Waals surface area contributed by atoms with Crippen LogP contribution in [0.2, 0.25) is 0 Å². The third-order valence-electron chi connectivity index (χ3n) is 4.42.